The topological polar surface area (TPSA) is 0 Å². The van der Waals surface area contributed by atoms with E-state index >= 15 is 0 Å². The van der Waals surface area contributed by atoms with Gasteiger partial charge in [0.15, 0.2) is 0 Å². The maximum atomic E-state index is 2.37. The SMILES string of the molecule is CCCCc1cc2c(-c3ccccc3)cccc2[cH-]1.CCCCc1cc2c(-c3ccccc3)cccc2[cH-]1.C[Si](C)=[Zr+2].[Cl-].[Cl-]. The van der Waals surface area contributed by atoms with Crippen molar-refractivity contribution in [3.05, 3.63) is 132 Å². The Labute approximate surface area is 293 Å². The standard InChI is InChI=1S/2C19H19.C2H6Si.2ClH.Zr/c2*1-2-3-8-15-13-17-11-7-12-18(19(17)14-15)16-9-5-4-6-10-16;1-3-2;;;/h2*4-7,9-14H,2-3,8H2,1H3;1-2H3;2*1H;/q2*-1;;;;+2/p-2. The molecule has 0 nitrogen and oxygen atoms in total. The first-order valence-electron chi connectivity index (χ1n) is 15.5. The predicted molar refractivity (Wildman–Crippen MR) is 185 cm³/mol. The van der Waals surface area contributed by atoms with E-state index in [0.29, 0.717) is 0 Å². The number of aryl methyl sites for hydroxylation is 2. The van der Waals surface area contributed by atoms with E-state index < -0.39 is 0 Å². The Bertz CT molecular complexity index is 1560. The van der Waals surface area contributed by atoms with Crippen LogP contribution >= 0.6 is 0 Å². The summed E-state index contributed by atoms with van der Waals surface area (Å²) in [6, 6.07) is 44.0. The van der Waals surface area contributed by atoms with Crippen LogP contribution in [0.25, 0.3) is 43.8 Å². The van der Waals surface area contributed by atoms with Gasteiger partial charge in [-0.05, 0) is 24.0 Å². The molecule has 0 radical (unpaired) electrons. The first-order chi connectivity index (χ1) is 20.5. The molecule has 0 N–H and O–H groups in total. The minimum atomic E-state index is 0. The van der Waals surface area contributed by atoms with E-state index in [4.69, 9.17) is 0 Å². The van der Waals surface area contributed by atoms with Crippen molar-refractivity contribution in [2.45, 2.75) is 65.5 Å². The van der Waals surface area contributed by atoms with Gasteiger partial charge in [0.05, 0.1) is 0 Å². The molecule has 0 aromatic heterocycles. The number of hydrogen-bond donors (Lipinski definition) is 0. The normalized spacial score (nSPS) is 10.1. The molecule has 6 aromatic rings. The first-order valence-corrected chi connectivity index (χ1v) is 21.7. The van der Waals surface area contributed by atoms with E-state index in [2.05, 4.69) is 148 Å². The fourth-order valence-electron chi connectivity index (χ4n) is 5.38. The van der Waals surface area contributed by atoms with Crippen LogP contribution in [0.15, 0.2) is 121 Å². The van der Waals surface area contributed by atoms with Gasteiger partial charge in [0.1, 0.15) is 0 Å². The molecular formula is C40H44Cl2SiZr-2. The molecule has 0 unspecified atom stereocenters. The minimum absolute atomic E-state index is 0. The van der Waals surface area contributed by atoms with Gasteiger partial charge >= 0.3 is 41.9 Å². The van der Waals surface area contributed by atoms with Gasteiger partial charge in [0, 0.05) is 0 Å². The van der Waals surface area contributed by atoms with Crippen molar-refractivity contribution in [1.82, 2.24) is 0 Å². The Morgan fingerprint density at radius 2 is 0.909 bits per heavy atom. The Morgan fingerprint density at radius 3 is 1.25 bits per heavy atom. The number of benzene rings is 4. The molecule has 6 aromatic carbocycles. The van der Waals surface area contributed by atoms with Crippen LogP contribution in [0.1, 0.15) is 50.7 Å². The van der Waals surface area contributed by atoms with Crippen LogP contribution in [-0.4, -0.2) is 5.43 Å². The average Bonchev–Trinajstić information content (AvgIpc) is 3.63. The van der Waals surface area contributed by atoms with Crippen LogP contribution < -0.4 is 24.8 Å². The molecule has 44 heavy (non-hydrogen) atoms. The number of fused-ring (bicyclic) bond motifs is 2. The Balaban J connectivity index is 0.000000263. The second-order valence-corrected chi connectivity index (χ2v) is 20.7. The van der Waals surface area contributed by atoms with Crippen LogP contribution in [0.4, 0.5) is 0 Å². The van der Waals surface area contributed by atoms with Gasteiger partial charge in [-0.1, -0.05) is 123 Å². The Hall–Kier alpha value is -2.22. The number of halogens is 2. The zero-order valence-corrected chi connectivity index (χ0v) is 31.5. The van der Waals surface area contributed by atoms with E-state index in [1.54, 1.807) is 23.3 Å². The zero-order chi connectivity index (χ0) is 29.7. The molecule has 4 heteroatoms. The molecule has 0 heterocycles. The molecule has 0 aliphatic heterocycles. The summed E-state index contributed by atoms with van der Waals surface area (Å²) in [5, 5.41) is 5.51. The van der Waals surface area contributed by atoms with Crippen molar-refractivity contribution >= 4 is 27.0 Å². The third-order valence-corrected chi connectivity index (χ3v) is 7.43. The summed E-state index contributed by atoms with van der Waals surface area (Å²) in [7, 11) is 0. The molecule has 0 fully saturated rings. The number of hydrogen-bond acceptors (Lipinski definition) is 0. The second-order valence-electron chi connectivity index (χ2n) is 11.3. The van der Waals surface area contributed by atoms with Gasteiger partial charge < -0.3 is 24.8 Å². The van der Waals surface area contributed by atoms with Crippen molar-refractivity contribution in [3.63, 3.8) is 0 Å². The van der Waals surface area contributed by atoms with Crippen molar-refractivity contribution < 1.29 is 48.1 Å². The molecule has 0 atom stereocenters. The Morgan fingerprint density at radius 1 is 0.545 bits per heavy atom. The minimum Gasteiger partial charge on any atom is -1.00 e. The van der Waals surface area contributed by atoms with Crippen molar-refractivity contribution in [2.75, 3.05) is 0 Å². The summed E-state index contributed by atoms with van der Waals surface area (Å²) < 4.78 is 0. The van der Waals surface area contributed by atoms with E-state index in [-0.39, 0.29) is 30.2 Å². The third-order valence-electron chi connectivity index (χ3n) is 7.43. The summed E-state index contributed by atoms with van der Waals surface area (Å²) in [4.78, 5) is 0. The summed E-state index contributed by atoms with van der Waals surface area (Å²) in [6.45, 7) is 9.11. The molecule has 6 rings (SSSR count). The van der Waals surface area contributed by atoms with Gasteiger partial charge in [-0.2, -0.15) is 12.1 Å². The smallest absolute Gasteiger partial charge is 1.00 e. The number of rotatable bonds is 8. The first kappa shape index (κ1) is 38.0. The predicted octanol–water partition coefficient (Wildman–Crippen LogP) is 5.93. The van der Waals surface area contributed by atoms with Crippen LogP contribution in [0.3, 0.4) is 0 Å². The van der Waals surface area contributed by atoms with Gasteiger partial charge in [0.2, 0.25) is 0 Å². The second kappa shape index (κ2) is 20.0. The fraction of sp³-hybridized carbons (Fsp3) is 0.250. The van der Waals surface area contributed by atoms with Gasteiger partial charge in [-0.25, -0.2) is 0 Å². The van der Waals surface area contributed by atoms with Crippen LogP contribution in [0, 0.1) is 0 Å². The van der Waals surface area contributed by atoms with Crippen molar-refractivity contribution in [3.8, 4) is 22.3 Å². The average molecular weight is 715 g/mol. The van der Waals surface area contributed by atoms with Gasteiger partial charge in [-0.15, -0.1) is 69.1 Å². The maximum Gasteiger partial charge on any atom is -1.00 e. The summed E-state index contributed by atoms with van der Waals surface area (Å²) in [6.07, 6.45) is 7.45. The number of unbranched alkanes of at least 4 members (excludes halogenated alkanes) is 2. The molecular weight excluding hydrogens is 671 g/mol. The quantitative estimate of drug-likeness (QED) is 0.136. The molecule has 0 saturated heterocycles. The van der Waals surface area contributed by atoms with E-state index in [0.717, 1.165) is 0 Å². The van der Waals surface area contributed by atoms with Crippen LogP contribution in [-0.2, 0) is 36.2 Å². The van der Waals surface area contributed by atoms with E-state index in [1.807, 2.05) is 0 Å². The van der Waals surface area contributed by atoms with E-state index in [9.17, 15) is 0 Å². The summed E-state index contributed by atoms with van der Waals surface area (Å²) >= 11 is 1.74. The summed E-state index contributed by atoms with van der Waals surface area (Å²) in [5.41, 5.74) is 8.46. The van der Waals surface area contributed by atoms with E-state index in [1.165, 1.54) is 93.5 Å². The van der Waals surface area contributed by atoms with Crippen LogP contribution in [0.5, 0.6) is 0 Å². The monoisotopic (exact) mass is 712 g/mol. The maximum absolute atomic E-state index is 2.37. The van der Waals surface area contributed by atoms with Gasteiger partial charge in [0.25, 0.3) is 0 Å². The fourth-order valence-corrected chi connectivity index (χ4v) is 5.38. The molecule has 0 bridgehead atoms. The largest absolute Gasteiger partial charge is 1.00 e. The molecule has 0 aliphatic carbocycles. The van der Waals surface area contributed by atoms with Crippen molar-refractivity contribution in [2.24, 2.45) is 0 Å². The van der Waals surface area contributed by atoms with Crippen molar-refractivity contribution in [1.29, 1.82) is 0 Å². The molecule has 228 valence electrons. The summed E-state index contributed by atoms with van der Waals surface area (Å²) in [5.74, 6) is 0. The third kappa shape index (κ3) is 11.0. The zero-order valence-electron chi connectivity index (χ0n) is 26.5. The van der Waals surface area contributed by atoms with Gasteiger partial charge in [-0.3, -0.25) is 0 Å². The molecule has 0 aliphatic rings. The molecule has 0 saturated carbocycles. The molecule has 0 amide bonds. The Kier molecular flexibility index (Phi) is 17.3. The molecule has 0 spiro atoms. The van der Waals surface area contributed by atoms with Crippen LogP contribution in [0.2, 0.25) is 13.1 Å².